The minimum absolute atomic E-state index is 0.292. The maximum atomic E-state index is 11.9. The standard InChI is InChI=1S/C12H9ClN4O2/c1-2-19-12(18)8-6-7-4-3-5-9(13)10(7)17-11(8)14-15-16-17/h3-6H,2H2,1H3. The molecule has 3 rings (SSSR count). The first-order valence-electron chi connectivity index (χ1n) is 5.69. The Balaban J connectivity index is 2.39. The molecule has 0 aliphatic rings. The zero-order valence-corrected chi connectivity index (χ0v) is 10.8. The van der Waals surface area contributed by atoms with Crippen LogP contribution in [0.25, 0.3) is 16.6 Å². The van der Waals surface area contributed by atoms with E-state index in [0.29, 0.717) is 28.4 Å². The van der Waals surface area contributed by atoms with Crippen LogP contribution < -0.4 is 0 Å². The molecule has 0 radical (unpaired) electrons. The largest absolute Gasteiger partial charge is 0.462 e. The molecule has 0 bridgehead atoms. The number of halogens is 1. The average molecular weight is 277 g/mol. The number of hydrogen-bond acceptors (Lipinski definition) is 5. The van der Waals surface area contributed by atoms with Crippen molar-refractivity contribution >= 4 is 34.1 Å². The Morgan fingerprint density at radius 2 is 2.32 bits per heavy atom. The number of ether oxygens (including phenoxy) is 1. The molecule has 0 fully saturated rings. The van der Waals surface area contributed by atoms with Crippen LogP contribution in [0, 0.1) is 0 Å². The third-order valence-electron chi connectivity index (χ3n) is 2.74. The van der Waals surface area contributed by atoms with Crippen LogP contribution in [0.2, 0.25) is 5.02 Å². The lowest BCUT2D eigenvalue weighted by molar-refractivity contribution is 0.0528. The molecule has 3 aromatic rings. The number of rotatable bonds is 2. The number of pyridine rings is 1. The highest BCUT2D eigenvalue weighted by molar-refractivity contribution is 6.35. The Kier molecular flexibility index (Phi) is 2.79. The monoisotopic (exact) mass is 276 g/mol. The van der Waals surface area contributed by atoms with Crippen molar-refractivity contribution in [3.05, 3.63) is 34.9 Å². The van der Waals surface area contributed by atoms with E-state index in [0.717, 1.165) is 5.39 Å². The van der Waals surface area contributed by atoms with Gasteiger partial charge in [0.05, 0.1) is 17.1 Å². The summed E-state index contributed by atoms with van der Waals surface area (Å²) in [5, 5.41) is 12.6. The van der Waals surface area contributed by atoms with Gasteiger partial charge in [-0.3, -0.25) is 0 Å². The summed E-state index contributed by atoms with van der Waals surface area (Å²) in [6.07, 6.45) is 0. The van der Waals surface area contributed by atoms with E-state index in [1.54, 1.807) is 25.1 Å². The molecular weight excluding hydrogens is 268 g/mol. The molecule has 0 amide bonds. The van der Waals surface area contributed by atoms with Gasteiger partial charge in [0.15, 0.2) is 5.65 Å². The summed E-state index contributed by atoms with van der Waals surface area (Å²) in [4.78, 5) is 11.9. The number of tetrazole rings is 1. The van der Waals surface area contributed by atoms with Crippen LogP contribution in [0.5, 0.6) is 0 Å². The predicted octanol–water partition coefficient (Wildman–Crippen LogP) is 2.11. The van der Waals surface area contributed by atoms with Crippen LogP contribution in [0.3, 0.4) is 0 Å². The Labute approximate surface area is 112 Å². The summed E-state index contributed by atoms with van der Waals surface area (Å²) in [5.74, 6) is -0.454. The minimum atomic E-state index is -0.454. The van der Waals surface area contributed by atoms with Crippen LogP contribution in [-0.4, -0.2) is 32.6 Å². The molecule has 0 unspecified atom stereocenters. The fraction of sp³-hybridized carbons (Fsp3) is 0.167. The highest BCUT2D eigenvalue weighted by Crippen LogP contribution is 2.25. The second-order valence-electron chi connectivity index (χ2n) is 3.87. The van der Waals surface area contributed by atoms with Gasteiger partial charge in [0, 0.05) is 5.39 Å². The number of aromatic nitrogens is 4. The zero-order valence-electron chi connectivity index (χ0n) is 10.00. The number of hydrogen-bond donors (Lipinski definition) is 0. The Morgan fingerprint density at radius 3 is 3.11 bits per heavy atom. The van der Waals surface area contributed by atoms with Crippen LogP contribution in [-0.2, 0) is 4.74 Å². The van der Waals surface area contributed by atoms with E-state index in [1.165, 1.54) is 4.52 Å². The van der Waals surface area contributed by atoms with Crippen molar-refractivity contribution in [3.63, 3.8) is 0 Å². The van der Waals surface area contributed by atoms with Gasteiger partial charge >= 0.3 is 5.97 Å². The summed E-state index contributed by atoms with van der Waals surface area (Å²) in [6.45, 7) is 2.04. The van der Waals surface area contributed by atoms with Crippen molar-refractivity contribution in [1.82, 2.24) is 20.0 Å². The number of benzene rings is 1. The molecule has 0 aliphatic heterocycles. The van der Waals surface area contributed by atoms with Crippen LogP contribution in [0.15, 0.2) is 24.3 Å². The smallest absolute Gasteiger partial charge is 0.342 e. The van der Waals surface area contributed by atoms with Gasteiger partial charge in [0.1, 0.15) is 5.56 Å². The van der Waals surface area contributed by atoms with Crippen molar-refractivity contribution < 1.29 is 9.53 Å². The van der Waals surface area contributed by atoms with E-state index in [9.17, 15) is 4.79 Å². The first-order chi connectivity index (χ1) is 9.22. The van der Waals surface area contributed by atoms with E-state index < -0.39 is 5.97 Å². The fourth-order valence-electron chi connectivity index (χ4n) is 1.96. The van der Waals surface area contributed by atoms with Gasteiger partial charge in [-0.15, -0.1) is 5.10 Å². The lowest BCUT2D eigenvalue weighted by Gasteiger charge is -2.06. The molecular formula is C12H9ClN4O2. The van der Waals surface area contributed by atoms with Crippen molar-refractivity contribution in [3.8, 4) is 0 Å². The quantitative estimate of drug-likeness (QED) is 0.671. The third-order valence-corrected chi connectivity index (χ3v) is 3.04. The molecule has 0 aliphatic carbocycles. The minimum Gasteiger partial charge on any atom is -0.462 e. The van der Waals surface area contributed by atoms with Gasteiger partial charge in [-0.2, -0.15) is 4.52 Å². The molecule has 6 nitrogen and oxygen atoms in total. The normalized spacial score (nSPS) is 11.1. The number of fused-ring (bicyclic) bond motifs is 3. The number of nitrogens with zero attached hydrogens (tertiary/aromatic N) is 4. The Morgan fingerprint density at radius 1 is 1.47 bits per heavy atom. The van der Waals surface area contributed by atoms with Crippen molar-refractivity contribution in [2.75, 3.05) is 6.61 Å². The second kappa shape index (κ2) is 4.47. The van der Waals surface area contributed by atoms with Crippen LogP contribution in [0.4, 0.5) is 0 Å². The fourth-order valence-corrected chi connectivity index (χ4v) is 2.22. The Bertz CT molecular complexity index is 784. The topological polar surface area (TPSA) is 69.4 Å². The highest BCUT2D eigenvalue weighted by Gasteiger charge is 2.18. The molecule has 0 saturated carbocycles. The second-order valence-corrected chi connectivity index (χ2v) is 4.28. The number of esters is 1. The maximum Gasteiger partial charge on any atom is 0.342 e. The van der Waals surface area contributed by atoms with Gasteiger partial charge in [-0.05, 0) is 29.5 Å². The first-order valence-corrected chi connectivity index (χ1v) is 6.06. The third kappa shape index (κ3) is 1.80. The number of carbonyl (C=O) groups excluding carboxylic acids is 1. The molecule has 7 heteroatoms. The van der Waals surface area contributed by atoms with E-state index in [-0.39, 0.29) is 0 Å². The van der Waals surface area contributed by atoms with Gasteiger partial charge in [-0.1, -0.05) is 23.7 Å². The number of carbonyl (C=O) groups is 1. The molecule has 96 valence electrons. The molecule has 0 saturated heterocycles. The molecule has 1 aromatic carbocycles. The molecule has 0 N–H and O–H groups in total. The van der Waals surface area contributed by atoms with Gasteiger partial charge in [0.2, 0.25) is 0 Å². The summed E-state index contributed by atoms with van der Waals surface area (Å²) in [7, 11) is 0. The molecule has 0 atom stereocenters. The van der Waals surface area contributed by atoms with Gasteiger partial charge < -0.3 is 4.74 Å². The van der Waals surface area contributed by atoms with Gasteiger partial charge in [-0.25, -0.2) is 4.79 Å². The van der Waals surface area contributed by atoms with E-state index in [4.69, 9.17) is 16.3 Å². The van der Waals surface area contributed by atoms with E-state index >= 15 is 0 Å². The zero-order chi connectivity index (χ0) is 13.4. The van der Waals surface area contributed by atoms with Crippen LogP contribution in [0.1, 0.15) is 17.3 Å². The van der Waals surface area contributed by atoms with Crippen molar-refractivity contribution in [1.29, 1.82) is 0 Å². The molecule has 19 heavy (non-hydrogen) atoms. The van der Waals surface area contributed by atoms with Crippen LogP contribution >= 0.6 is 11.6 Å². The maximum absolute atomic E-state index is 11.9. The first kappa shape index (κ1) is 11.9. The molecule has 0 spiro atoms. The predicted molar refractivity (Wildman–Crippen MR) is 69.3 cm³/mol. The average Bonchev–Trinajstić information content (AvgIpc) is 2.87. The molecule has 2 aromatic heterocycles. The lowest BCUT2D eigenvalue weighted by Crippen LogP contribution is -2.08. The lowest BCUT2D eigenvalue weighted by atomic mass is 10.1. The summed E-state index contributed by atoms with van der Waals surface area (Å²) in [5.41, 5.74) is 1.32. The summed E-state index contributed by atoms with van der Waals surface area (Å²) < 4.78 is 6.45. The number of para-hydroxylation sites is 1. The summed E-state index contributed by atoms with van der Waals surface area (Å²) >= 11 is 6.15. The van der Waals surface area contributed by atoms with Crippen molar-refractivity contribution in [2.24, 2.45) is 0 Å². The van der Waals surface area contributed by atoms with Crippen molar-refractivity contribution in [2.45, 2.75) is 6.92 Å². The van der Waals surface area contributed by atoms with E-state index in [2.05, 4.69) is 15.5 Å². The van der Waals surface area contributed by atoms with E-state index in [1.807, 2.05) is 6.07 Å². The molecule has 2 heterocycles. The Hall–Kier alpha value is -2.21. The highest BCUT2D eigenvalue weighted by atomic mass is 35.5. The van der Waals surface area contributed by atoms with Gasteiger partial charge in [0.25, 0.3) is 0 Å². The summed E-state index contributed by atoms with van der Waals surface area (Å²) in [6, 6.07) is 7.07. The SMILES string of the molecule is CCOC(=O)c1cc2cccc(Cl)c2n2nnnc12.